The maximum atomic E-state index is 10.0. The van der Waals surface area contributed by atoms with Gasteiger partial charge in [0.25, 0.3) is 0 Å². The topological polar surface area (TPSA) is 74.5 Å². The number of rotatable bonds is 5. The molecule has 2 heterocycles. The van der Waals surface area contributed by atoms with Gasteiger partial charge in [0.1, 0.15) is 0 Å². The van der Waals surface area contributed by atoms with Crippen molar-refractivity contribution in [1.82, 2.24) is 20.4 Å². The normalized spacial score (nSPS) is 12.6. The minimum atomic E-state index is -0.608. The second-order valence-corrected chi connectivity index (χ2v) is 5.18. The molecule has 6 nitrogen and oxygen atoms in total. The SMILES string of the molecule is CN=C(NCc1ccsc1)NCC(O)c1cnn(C)c1.I. The molecular formula is C13H20IN5OS. The zero-order valence-electron chi connectivity index (χ0n) is 12.0. The van der Waals surface area contributed by atoms with Gasteiger partial charge in [-0.3, -0.25) is 9.67 Å². The zero-order valence-corrected chi connectivity index (χ0v) is 15.1. The van der Waals surface area contributed by atoms with Crippen LogP contribution in [-0.4, -0.2) is 34.4 Å². The molecule has 0 aliphatic heterocycles. The average molecular weight is 421 g/mol. The predicted octanol–water partition coefficient (Wildman–Crippen LogP) is 1.50. The Morgan fingerprint density at radius 2 is 2.33 bits per heavy atom. The van der Waals surface area contributed by atoms with Gasteiger partial charge in [0.05, 0.1) is 12.3 Å². The van der Waals surface area contributed by atoms with Gasteiger partial charge in [-0.15, -0.1) is 24.0 Å². The number of hydrogen-bond acceptors (Lipinski definition) is 4. The minimum Gasteiger partial charge on any atom is -0.386 e. The molecule has 0 aliphatic carbocycles. The van der Waals surface area contributed by atoms with E-state index in [1.54, 1.807) is 35.5 Å². The Morgan fingerprint density at radius 1 is 1.52 bits per heavy atom. The number of aliphatic hydroxyl groups excluding tert-OH is 1. The number of nitrogens with one attached hydrogen (secondary N) is 2. The summed E-state index contributed by atoms with van der Waals surface area (Å²) in [5.74, 6) is 0.666. The van der Waals surface area contributed by atoms with E-state index in [1.165, 1.54) is 5.56 Å². The number of aromatic nitrogens is 2. The van der Waals surface area contributed by atoms with Crippen LogP contribution < -0.4 is 10.6 Å². The average Bonchev–Trinajstić information content (AvgIpc) is 3.10. The van der Waals surface area contributed by atoms with Crippen molar-refractivity contribution in [3.63, 3.8) is 0 Å². The van der Waals surface area contributed by atoms with E-state index in [-0.39, 0.29) is 24.0 Å². The van der Waals surface area contributed by atoms with E-state index < -0.39 is 6.10 Å². The van der Waals surface area contributed by atoms with Gasteiger partial charge in [-0.05, 0) is 22.4 Å². The molecule has 2 rings (SSSR count). The highest BCUT2D eigenvalue weighted by Gasteiger charge is 2.10. The number of nitrogens with zero attached hydrogens (tertiary/aromatic N) is 3. The second-order valence-electron chi connectivity index (χ2n) is 4.40. The highest BCUT2D eigenvalue weighted by molar-refractivity contribution is 14.0. The first-order valence-electron chi connectivity index (χ1n) is 6.31. The summed E-state index contributed by atoms with van der Waals surface area (Å²) in [6.45, 7) is 1.10. The van der Waals surface area contributed by atoms with Gasteiger partial charge in [0, 0.05) is 38.9 Å². The van der Waals surface area contributed by atoms with Crippen LogP contribution >= 0.6 is 35.3 Å². The van der Waals surface area contributed by atoms with E-state index in [9.17, 15) is 5.11 Å². The lowest BCUT2D eigenvalue weighted by atomic mass is 10.2. The summed E-state index contributed by atoms with van der Waals surface area (Å²) in [6, 6.07) is 2.06. The van der Waals surface area contributed by atoms with Crippen LogP contribution in [0.3, 0.4) is 0 Å². The summed E-state index contributed by atoms with van der Waals surface area (Å²) in [5.41, 5.74) is 2.00. The molecule has 0 saturated heterocycles. The molecule has 0 saturated carbocycles. The molecule has 116 valence electrons. The number of halogens is 1. The summed E-state index contributed by atoms with van der Waals surface area (Å²) in [4.78, 5) is 4.12. The molecule has 0 bridgehead atoms. The molecule has 2 aromatic heterocycles. The highest BCUT2D eigenvalue weighted by Crippen LogP contribution is 2.09. The summed E-state index contributed by atoms with van der Waals surface area (Å²) < 4.78 is 1.67. The fourth-order valence-corrected chi connectivity index (χ4v) is 2.39. The van der Waals surface area contributed by atoms with Crippen molar-refractivity contribution >= 4 is 41.3 Å². The van der Waals surface area contributed by atoms with Gasteiger partial charge in [0.2, 0.25) is 0 Å². The van der Waals surface area contributed by atoms with Crippen LogP contribution in [0.25, 0.3) is 0 Å². The third-order valence-electron chi connectivity index (χ3n) is 2.84. The smallest absolute Gasteiger partial charge is 0.191 e. The van der Waals surface area contributed by atoms with Crippen molar-refractivity contribution in [2.24, 2.45) is 12.0 Å². The Labute approximate surface area is 145 Å². The number of thiophene rings is 1. The molecule has 21 heavy (non-hydrogen) atoms. The third kappa shape index (κ3) is 5.64. The highest BCUT2D eigenvalue weighted by atomic mass is 127. The molecule has 0 aliphatic rings. The van der Waals surface area contributed by atoms with Crippen LogP contribution in [0.15, 0.2) is 34.2 Å². The van der Waals surface area contributed by atoms with Crippen molar-refractivity contribution in [3.05, 3.63) is 40.3 Å². The van der Waals surface area contributed by atoms with E-state index in [0.717, 1.165) is 5.56 Å². The summed E-state index contributed by atoms with van der Waals surface area (Å²) in [5, 5.41) is 24.5. The molecule has 1 atom stereocenters. The number of aryl methyl sites for hydroxylation is 1. The summed E-state index contributed by atoms with van der Waals surface area (Å²) >= 11 is 1.67. The molecule has 0 aromatic carbocycles. The Kier molecular flexibility index (Phi) is 7.68. The molecule has 1 unspecified atom stereocenters. The first-order valence-corrected chi connectivity index (χ1v) is 7.25. The largest absolute Gasteiger partial charge is 0.386 e. The Bertz CT molecular complexity index is 555. The van der Waals surface area contributed by atoms with Gasteiger partial charge >= 0.3 is 0 Å². The second kappa shape index (κ2) is 9.00. The molecule has 2 aromatic rings. The monoisotopic (exact) mass is 421 g/mol. The molecule has 0 amide bonds. The van der Waals surface area contributed by atoms with Crippen LogP contribution in [0, 0.1) is 0 Å². The van der Waals surface area contributed by atoms with Crippen LogP contribution in [-0.2, 0) is 13.6 Å². The van der Waals surface area contributed by atoms with Gasteiger partial charge in [0.15, 0.2) is 5.96 Å². The zero-order chi connectivity index (χ0) is 14.4. The van der Waals surface area contributed by atoms with E-state index in [0.29, 0.717) is 19.0 Å². The Balaban J connectivity index is 0.00000220. The van der Waals surface area contributed by atoms with E-state index in [2.05, 4.69) is 32.2 Å². The quantitative estimate of drug-likeness (QED) is 0.389. The first kappa shape index (κ1) is 17.9. The number of aliphatic imine (C=N–C) groups is 1. The fraction of sp³-hybridized carbons (Fsp3) is 0.385. The van der Waals surface area contributed by atoms with Gasteiger partial charge in [-0.2, -0.15) is 16.4 Å². The Hall–Kier alpha value is -1.13. The summed E-state index contributed by atoms with van der Waals surface area (Å²) in [7, 11) is 3.53. The fourth-order valence-electron chi connectivity index (χ4n) is 1.72. The van der Waals surface area contributed by atoms with Gasteiger partial charge in [-0.1, -0.05) is 0 Å². The van der Waals surface area contributed by atoms with Gasteiger partial charge in [-0.25, -0.2) is 0 Å². The van der Waals surface area contributed by atoms with Crippen molar-refractivity contribution in [2.75, 3.05) is 13.6 Å². The standard InChI is InChI=1S/C13H19N5OS.HI/c1-14-13(15-5-10-3-4-20-9-10)16-7-12(19)11-6-17-18(2)8-11;/h3-4,6,8-9,12,19H,5,7H2,1-2H3,(H2,14,15,16);1H. The maximum absolute atomic E-state index is 10.0. The molecule has 3 N–H and O–H groups in total. The molecule has 0 spiro atoms. The number of aliphatic hydroxyl groups is 1. The number of hydrogen-bond donors (Lipinski definition) is 3. The lowest BCUT2D eigenvalue weighted by molar-refractivity contribution is 0.180. The maximum Gasteiger partial charge on any atom is 0.191 e. The molecule has 8 heteroatoms. The van der Waals surface area contributed by atoms with Crippen LogP contribution in [0.2, 0.25) is 0 Å². The first-order chi connectivity index (χ1) is 9.69. The lowest BCUT2D eigenvalue weighted by Gasteiger charge is -2.14. The van der Waals surface area contributed by atoms with Crippen LogP contribution in [0.1, 0.15) is 17.2 Å². The molecule has 0 fully saturated rings. The van der Waals surface area contributed by atoms with Crippen LogP contribution in [0.5, 0.6) is 0 Å². The van der Waals surface area contributed by atoms with E-state index in [4.69, 9.17) is 0 Å². The van der Waals surface area contributed by atoms with Crippen molar-refractivity contribution in [2.45, 2.75) is 12.6 Å². The van der Waals surface area contributed by atoms with Crippen molar-refractivity contribution < 1.29 is 5.11 Å². The predicted molar refractivity (Wildman–Crippen MR) is 96.1 cm³/mol. The molecule has 0 radical (unpaired) electrons. The van der Waals surface area contributed by atoms with Crippen molar-refractivity contribution in [3.8, 4) is 0 Å². The van der Waals surface area contributed by atoms with E-state index in [1.807, 2.05) is 12.4 Å². The minimum absolute atomic E-state index is 0. The lowest BCUT2D eigenvalue weighted by Crippen LogP contribution is -2.38. The third-order valence-corrected chi connectivity index (χ3v) is 3.57. The van der Waals surface area contributed by atoms with Gasteiger partial charge < -0.3 is 15.7 Å². The van der Waals surface area contributed by atoms with Crippen molar-refractivity contribution in [1.29, 1.82) is 0 Å². The number of guanidine groups is 1. The van der Waals surface area contributed by atoms with Crippen LogP contribution in [0.4, 0.5) is 0 Å². The molecular weight excluding hydrogens is 401 g/mol. The van der Waals surface area contributed by atoms with E-state index >= 15 is 0 Å². The Morgan fingerprint density at radius 3 is 2.90 bits per heavy atom. The summed E-state index contributed by atoms with van der Waals surface area (Å²) in [6.07, 6.45) is 2.85.